The van der Waals surface area contributed by atoms with Gasteiger partial charge in [0.2, 0.25) is 0 Å². The number of allylic oxidation sites excluding steroid dienone is 1. The first-order valence-corrected chi connectivity index (χ1v) is 10.1. The summed E-state index contributed by atoms with van der Waals surface area (Å²) in [6.07, 6.45) is 1.42. The van der Waals surface area contributed by atoms with Crippen molar-refractivity contribution in [3.8, 4) is 0 Å². The van der Waals surface area contributed by atoms with E-state index in [0.717, 1.165) is 34.6 Å². The van der Waals surface area contributed by atoms with Gasteiger partial charge in [0.05, 0.1) is 17.4 Å². The van der Waals surface area contributed by atoms with Gasteiger partial charge in [-0.25, -0.2) is 9.59 Å². The van der Waals surface area contributed by atoms with E-state index in [4.69, 9.17) is 31.4 Å². The maximum atomic E-state index is 13.0. The zero-order valence-electron chi connectivity index (χ0n) is 17.1. The lowest BCUT2D eigenvalue weighted by atomic mass is 9.73. The molecule has 4 rings (SSSR count). The second kappa shape index (κ2) is 8.81. The van der Waals surface area contributed by atoms with Crippen molar-refractivity contribution in [3.05, 3.63) is 70.4 Å². The van der Waals surface area contributed by atoms with Crippen LogP contribution in [0.1, 0.15) is 38.3 Å². The van der Waals surface area contributed by atoms with Gasteiger partial charge in [0, 0.05) is 22.7 Å². The van der Waals surface area contributed by atoms with Gasteiger partial charge in [-0.1, -0.05) is 49.7 Å². The molecule has 1 atom stereocenters. The number of halogens is 1. The minimum atomic E-state index is -1.82. The molecule has 8 heteroatoms. The Morgan fingerprint density at radius 3 is 2.13 bits per heavy atom. The van der Waals surface area contributed by atoms with Crippen molar-refractivity contribution < 1.29 is 24.6 Å². The maximum Gasteiger partial charge on any atom is 0.414 e. The summed E-state index contributed by atoms with van der Waals surface area (Å²) in [5, 5.41) is 22.6. The number of carboxylic acids is 2. The molecule has 2 aromatic rings. The number of carboxylic acid groups (broad SMARTS) is 2. The molecular formula is C23H23ClN2O5. The summed E-state index contributed by atoms with van der Waals surface area (Å²) in [4.78, 5) is 31.2. The average Bonchev–Trinajstić information content (AvgIpc) is 2.84. The molecule has 0 saturated heterocycles. The number of hydrogen-bond donors (Lipinski definition) is 4. The molecule has 1 aliphatic heterocycles. The standard InChI is InChI=1S/C21H21ClN2O.C2H2O4/c1-21(2)11-17-19(18(25)12-21)20(13-7-9-14(22)10-8-13)24-16-6-4-3-5-15(16)23-17;3-1(4)2(5)6/h3-10,20,23-24H,11-12H2,1-2H3;(H,3,4)(H,5,6). The van der Waals surface area contributed by atoms with E-state index in [1.165, 1.54) is 0 Å². The number of rotatable bonds is 1. The van der Waals surface area contributed by atoms with Crippen molar-refractivity contribution in [2.75, 3.05) is 10.6 Å². The summed E-state index contributed by atoms with van der Waals surface area (Å²) in [5.74, 6) is -3.44. The lowest BCUT2D eigenvalue weighted by molar-refractivity contribution is -0.159. The molecule has 2 aliphatic rings. The first kappa shape index (κ1) is 22.4. The average molecular weight is 443 g/mol. The van der Waals surface area contributed by atoms with Crippen LogP contribution >= 0.6 is 11.6 Å². The second-order valence-corrected chi connectivity index (χ2v) is 8.68. The van der Waals surface area contributed by atoms with E-state index in [9.17, 15) is 4.79 Å². The van der Waals surface area contributed by atoms with E-state index < -0.39 is 11.9 Å². The molecule has 0 spiro atoms. The minimum absolute atomic E-state index is 0.0350. The van der Waals surface area contributed by atoms with Crippen LogP contribution in [0.4, 0.5) is 11.4 Å². The van der Waals surface area contributed by atoms with Crippen LogP contribution in [0.2, 0.25) is 5.02 Å². The Bertz CT molecular complexity index is 1050. The molecule has 0 radical (unpaired) electrons. The number of aliphatic carboxylic acids is 2. The lowest BCUT2D eigenvalue weighted by Crippen LogP contribution is -2.31. The number of fused-ring (bicyclic) bond motifs is 1. The second-order valence-electron chi connectivity index (χ2n) is 8.24. The fraction of sp³-hybridized carbons (Fsp3) is 0.261. The Kier molecular flexibility index (Phi) is 6.36. The summed E-state index contributed by atoms with van der Waals surface area (Å²) in [6, 6.07) is 15.7. The van der Waals surface area contributed by atoms with Crippen molar-refractivity contribution in [1.82, 2.24) is 0 Å². The number of hydrogen-bond acceptors (Lipinski definition) is 5. The minimum Gasteiger partial charge on any atom is -0.473 e. The molecule has 4 N–H and O–H groups in total. The van der Waals surface area contributed by atoms with Crippen LogP contribution in [0.3, 0.4) is 0 Å². The molecule has 1 unspecified atom stereocenters. The van der Waals surface area contributed by atoms with E-state index in [1.807, 2.05) is 48.5 Å². The number of carbonyl (C=O) groups excluding carboxylic acids is 1. The van der Waals surface area contributed by atoms with Crippen LogP contribution in [0.5, 0.6) is 0 Å². The molecule has 0 aromatic heterocycles. The molecule has 0 amide bonds. The van der Waals surface area contributed by atoms with E-state index in [-0.39, 0.29) is 17.2 Å². The molecule has 1 aliphatic carbocycles. The maximum absolute atomic E-state index is 13.0. The van der Waals surface area contributed by atoms with Crippen molar-refractivity contribution in [3.63, 3.8) is 0 Å². The number of ketones is 1. The molecule has 0 fully saturated rings. The lowest BCUT2D eigenvalue weighted by Gasteiger charge is -2.34. The summed E-state index contributed by atoms with van der Waals surface area (Å²) in [6.45, 7) is 4.30. The van der Waals surface area contributed by atoms with E-state index in [2.05, 4.69) is 24.5 Å². The van der Waals surface area contributed by atoms with Crippen molar-refractivity contribution >= 4 is 40.7 Å². The van der Waals surface area contributed by atoms with Crippen LogP contribution in [0.15, 0.2) is 59.8 Å². The van der Waals surface area contributed by atoms with Gasteiger partial charge in [-0.05, 0) is 41.7 Å². The molecule has 0 bridgehead atoms. The zero-order valence-corrected chi connectivity index (χ0v) is 17.9. The SMILES string of the molecule is CC1(C)CC(=O)C2=C(C1)Nc1ccccc1NC2c1ccc(Cl)cc1.O=C(O)C(=O)O. The van der Waals surface area contributed by atoms with Crippen LogP contribution in [0.25, 0.3) is 0 Å². The highest BCUT2D eigenvalue weighted by atomic mass is 35.5. The van der Waals surface area contributed by atoms with Gasteiger partial charge in [0.15, 0.2) is 5.78 Å². The van der Waals surface area contributed by atoms with Gasteiger partial charge >= 0.3 is 11.9 Å². The smallest absolute Gasteiger partial charge is 0.414 e. The molecular weight excluding hydrogens is 420 g/mol. The highest BCUT2D eigenvalue weighted by Crippen LogP contribution is 2.45. The zero-order chi connectivity index (χ0) is 22.8. The third-order valence-corrected chi connectivity index (χ3v) is 5.36. The van der Waals surface area contributed by atoms with Crippen LogP contribution in [0, 0.1) is 5.41 Å². The Balaban J connectivity index is 0.000000401. The van der Waals surface area contributed by atoms with Gasteiger partial charge in [-0.2, -0.15) is 0 Å². The molecule has 0 saturated carbocycles. The van der Waals surface area contributed by atoms with Crippen LogP contribution in [-0.2, 0) is 14.4 Å². The Labute approximate surface area is 184 Å². The first-order valence-electron chi connectivity index (χ1n) is 9.68. The molecule has 162 valence electrons. The molecule has 7 nitrogen and oxygen atoms in total. The van der Waals surface area contributed by atoms with Crippen LogP contribution in [-0.4, -0.2) is 27.9 Å². The normalized spacial score (nSPS) is 18.8. The monoisotopic (exact) mass is 442 g/mol. The number of benzene rings is 2. The third-order valence-electron chi connectivity index (χ3n) is 5.11. The predicted octanol–water partition coefficient (Wildman–Crippen LogP) is 4.72. The summed E-state index contributed by atoms with van der Waals surface area (Å²) in [5.41, 5.74) is 4.90. The Morgan fingerprint density at radius 2 is 1.55 bits per heavy atom. The van der Waals surface area contributed by atoms with Gasteiger partial charge < -0.3 is 20.8 Å². The van der Waals surface area contributed by atoms with E-state index in [0.29, 0.717) is 11.4 Å². The fourth-order valence-corrected chi connectivity index (χ4v) is 3.92. The number of carbonyl (C=O) groups is 3. The summed E-state index contributed by atoms with van der Waals surface area (Å²) in [7, 11) is 0. The summed E-state index contributed by atoms with van der Waals surface area (Å²) < 4.78 is 0. The molecule has 2 aromatic carbocycles. The Hall–Kier alpha value is -3.32. The predicted molar refractivity (Wildman–Crippen MR) is 118 cm³/mol. The Morgan fingerprint density at radius 1 is 0.968 bits per heavy atom. The highest BCUT2D eigenvalue weighted by molar-refractivity contribution is 6.30. The number of nitrogens with one attached hydrogen (secondary N) is 2. The van der Waals surface area contributed by atoms with Crippen molar-refractivity contribution in [1.29, 1.82) is 0 Å². The quantitative estimate of drug-likeness (QED) is 0.472. The van der Waals surface area contributed by atoms with Crippen molar-refractivity contribution in [2.45, 2.75) is 32.7 Å². The fourth-order valence-electron chi connectivity index (χ4n) is 3.79. The van der Waals surface area contributed by atoms with E-state index in [1.54, 1.807) is 0 Å². The van der Waals surface area contributed by atoms with E-state index >= 15 is 0 Å². The van der Waals surface area contributed by atoms with Gasteiger partial charge in [-0.3, -0.25) is 4.79 Å². The largest absolute Gasteiger partial charge is 0.473 e. The number of Topliss-reactive ketones (excluding diaryl/α,β-unsaturated/α-hetero) is 1. The van der Waals surface area contributed by atoms with Gasteiger partial charge in [-0.15, -0.1) is 0 Å². The van der Waals surface area contributed by atoms with Crippen molar-refractivity contribution in [2.24, 2.45) is 5.41 Å². The highest BCUT2D eigenvalue weighted by Gasteiger charge is 2.38. The van der Waals surface area contributed by atoms with Crippen LogP contribution < -0.4 is 10.6 Å². The third kappa shape index (κ3) is 5.24. The first-order chi connectivity index (χ1) is 14.6. The summed E-state index contributed by atoms with van der Waals surface area (Å²) >= 11 is 6.06. The van der Waals surface area contributed by atoms with Gasteiger partial charge in [0.1, 0.15) is 0 Å². The molecule has 31 heavy (non-hydrogen) atoms. The number of anilines is 2. The number of para-hydroxylation sites is 2. The van der Waals surface area contributed by atoms with Gasteiger partial charge in [0.25, 0.3) is 0 Å². The topological polar surface area (TPSA) is 116 Å². The molecule has 1 heterocycles.